The molecule has 1 aromatic heterocycles. The van der Waals surface area contributed by atoms with Crippen LogP contribution < -0.4 is 15.5 Å². The molecule has 0 unspecified atom stereocenters. The van der Waals surface area contributed by atoms with Gasteiger partial charge in [0, 0.05) is 19.1 Å². The van der Waals surface area contributed by atoms with Gasteiger partial charge in [0.25, 0.3) is 0 Å². The van der Waals surface area contributed by atoms with E-state index in [1.807, 2.05) is 6.20 Å². The number of nitrogens with one attached hydrogen (secondary N) is 2. The van der Waals surface area contributed by atoms with E-state index < -0.39 is 0 Å². The smallest absolute Gasteiger partial charge is 0.171 e. The summed E-state index contributed by atoms with van der Waals surface area (Å²) in [5, 5.41) is 7.15. The highest BCUT2D eigenvalue weighted by Crippen LogP contribution is 2.20. The number of piperidine rings is 1. The molecule has 19 heavy (non-hydrogen) atoms. The van der Waals surface area contributed by atoms with E-state index in [1.54, 1.807) is 0 Å². The number of thiocarbonyl (C=S) groups is 1. The van der Waals surface area contributed by atoms with E-state index in [4.69, 9.17) is 12.2 Å². The van der Waals surface area contributed by atoms with Crippen molar-refractivity contribution < 1.29 is 0 Å². The molecule has 1 aliphatic carbocycles. The van der Waals surface area contributed by atoms with Crippen molar-refractivity contribution in [2.75, 3.05) is 23.3 Å². The van der Waals surface area contributed by atoms with Gasteiger partial charge in [0.05, 0.1) is 11.9 Å². The molecule has 0 aromatic carbocycles. The Morgan fingerprint density at radius 2 is 2.00 bits per heavy atom. The molecule has 102 valence electrons. The number of nitrogens with zero attached hydrogens (tertiary/aromatic N) is 2. The fourth-order valence-electron chi connectivity index (χ4n) is 2.35. The molecular formula is C14H20N4S. The first kappa shape index (κ1) is 12.7. The SMILES string of the molecule is S=C(Nc1ccc(N2CCCCC2)nc1)NC1CC1. The second-order valence-corrected chi connectivity index (χ2v) is 5.73. The Kier molecular flexibility index (Phi) is 3.82. The van der Waals surface area contributed by atoms with Gasteiger partial charge < -0.3 is 15.5 Å². The lowest BCUT2D eigenvalue weighted by atomic mass is 10.1. The molecule has 2 N–H and O–H groups in total. The molecule has 1 saturated carbocycles. The minimum atomic E-state index is 0.584. The summed E-state index contributed by atoms with van der Waals surface area (Å²) in [6.07, 6.45) is 8.22. The Morgan fingerprint density at radius 3 is 2.63 bits per heavy atom. The van der Waals surface area contributed by atoms with Crippen LogP contribution in [-0.4, -0.2) is 29.2 Å². The predicted molar refractivity (Wildman–Crippen MR) is 82.7 cm³/mol. The molecule has 1 aromatic rings. The van der Waals surface area contributed by atoms with Crippen LogP contribution in [0.15, 0.2) is 18.3 Å². The number of aromatic nitrogens is 1. The summed E-state index contributed by atoms with van der Waals surface area (Å²) in [6.45, 7) is 2.25. The lowest BCUT2D eigenvalue weighted by Crippen LogP contribution is -2.31. The second-order valence-electron chi connectivity index (χ2n) is 5.33. The van der Waals surface area contributed by atoms with Gasteiger partial charge in [0.2, 0.25) is 0 Å². The minimum absolute atomic E-state index is 0.584. The van der Waals surface area contributed by atoms with E-state index in [9.17, 15) is 0 Å². The molecule has 2 heterocycles. The first-order chi connectivity index (χ1) is 9.31. The van der Waals surface area contributed by atoms with E-state index in [0.717, 1.165) is 24.6 Å². The highest BCUT2D eigenvalue weighted by atomic mass is 32.1. The predicted octanol–water partition coefficient (Wildman–Crippen LogP) is 2.52. The lowest BCUT2D eigenvalue weighted by molar-refractivity contribution is 0.573. The second kappa shape index (κ2) is 5.74. The van der Waals surface area contributed by atoms with E-state index in [0.29, 0.717) is 11.2 Å². The summed E-state index contributed by atoms with van der Waals surface area (Å²) in [6, 6.07) is 4.71. The maximum Gasteiger partial charge on any atom is 0.171 e. The van der Waals surface area contributed by atoms with Gasteiger partial charge in [-0.15, -0.1) is 0 Å². The third-order valence-electron chi connectivity index (χ3n) is 3.60. The third-order valence-corrected chi connectivity index (χ3v) is 3.82. The zero-order valence-electron chi connectivity index (χ0n) is 11.1. The Hall–Kier alpha value is -1.36. The van der Waals surface area contributed by atoms with Gasteiger partial charge in [-0.2, -0.15) is 0 Å². The molecular weight excluding hydrogens is 256 g/mol. The van der Waals surface area contributed by atoms with Gasteiger partial charge in [-0.05, 0) is 56.5 Å². The van der Waals surface area contributed by atoms with Crippen LogP contribution in [0.1, 0.15) is 32.1 Å². The summed E-state index contributed by atoms with van der Waals surface area (Å²) in [5.41, 5.74) is 0.957. The maximum absolute atomic E-state index is 5.25. The molecule has 3 rings (SSSR count). The maximum atomic E-state index is 5.25. The minimum Gasteiger partial charge on any atom is -0.360 e. The van der Waals surface area contributed by atoms with E-state index in [2.05, 4.69) is 32.7 Å². The molecule has 5 heteroatoms. The van der Waals surface area contributed by atoms with Crippen LogP contribution in [0, 0.1) is 0 Å². The highest BCUT2D eigenvalue weighted by Gasteiger charge is 2.21. The molecule has 0 bridgehead atoms. The Labute approximate surface area is 119 Å². The normalized spacial score (nSPS) is 19.1. The first-order valence-electron chi connectivity index (χ1n) is 7.10. The van der Waals surface area contributed by atoms with Crippen LogP contribution in [0.3, 0.4) is 0 Å². The molecule has 1 aliphatic heterocycles. The van der Waals surface area contributed by atoms with Crippen LogP contribution in [0.2, 0.25) is 0 Å². The van der Waals surface area contributed by atoms with Gasteiger partial charge in [-0.3, -0.25) is 0 Å². The number of hydrogen-bond donors (Lipinski definition) is 2. The van der Waals surface area contributed by atoms with E-state index >= 15 is 0 Å². The lowest BCUT2D eigenvalue weighted by Gasteiger charge is -2.27. The summed E-state index contributed by atoms with van der Waals surface area (Å²) in [5.74, 6) is 1.08. The number of anilines is 2. The molecule has 4 nitrogen and oxygen atoms in total. The topological polar surface area (TPSA) is 40.2 Å². The van der Waals surface area contributed by atoms with Crippen LogP contribution in [0.5, 0.6) is 0 Å². The van der Waals surface area contributed by atoms with Crippen molar-refractivity contribution in [3.8, 4) is 0 Å². The van der Waals surface area contributed by atoms with Crippen LogP contribution in [-0.2, 0) is 0 Å². The van der Waals surface area contributed by atoms with Crippen LogP contribution >= 0.6 is 12.2 Å². The molecule has 0 radical (unpaired) electrons. The molecule has 1 saturated heterocycles. The average Bonchev–Trinajstić information content (AvgIpc) is 3.24. The standard InChI is InChI=1S/C14H20N4S/c19-14(16-11-4-5-11)17-12-6-7-13(15-10-12)18-8-2-1-3-9-18/h6-7,10-11H,1-5,8-9H2,(H2,16,17,19). The van der Waals surface area contributed by atoms with Gasteiger partial charge in [0.1, 0.15) is 5.82 Å². The van der Waals surface area contributed by atoms with Gasteiger partial charge in [-0.25, -0.2) is 4.98 Å². The highest BCUT2D eigenvalue weighted by molar-refractivity contribution is 7.80. The van der Waals surface area contributed by atoms with Crippen molar-refractivity contribution in [3.05, 3.63) is 18.3 Å². The Morgan fingerprint density at radius 1 is 1.21 bits per heavy atom. The summed E-state index contributed by atoms with van der Waals surface area (Å²) < 4.78 is 0. The largest absolute Gasteiger partial charge is 0.360 e. The van der Waals surface area contributed by atoms with Crippen molar-refractivity contribution in [1.82, 2.24) is 10.3 Å². The summed E-state index contributed by atoms with van der Waals surface area (Å²) in [7, 11) is 0. The average molecular weight is 276 g/mol. The van der Waals surface area contributed by atoms with Gasteiger partial charge in [0.15, 0.2) is 5.11 Å². The summed E-state index contributed by atoms with van der Waals surface area (Å²) >= 11 is 5.25. The zero-order chi connectivity index (χ0) is 13.1. The monoisotopic (exact) mass is 276 g/mol. The van der Waals surface area contributed by atoms with E-state index in [-0.39, 0.29) is 0 Å². The van der Waals surface area contributed by atoms with Crippen molar-refractivity contribution in [3.63, 3.8) is 0 Å². The Balaban J connectivity index is 1.56. The molecule has 2 fully saturated rings. The molecule has 0 amide bonds. The van der Waals surface area contributed by atoms with Crippen molar-refractivity contribution >= 4 is 28.8 Å². The zero-order valence-corrected chi connectivity index (χ0v) is 11.9. The first-order valence-corrected chi connectivity index (χ1v) is 7.50. The van der Waals surface area contributed by atoms with Crippen molar-refractivity contribution in [1.29, 1.82) is 0 Å². The summed E-state index contributed by atoms with van der Waals surface area (Å²) in [4.78, 5) is 6.88. The van der Waals surface area contributed by atoms with Crippen molar-refractivity contribution in [2.24, 2.45) is 0 Å². The van der Waals surface area contributed by atoms with Crippen LogP contribution in [0.25, 0.3) is 0 Å². The number of hydrogen-bond acceptors (Lipinski definition) is 3. The van der Waals surface area contributed by atoms with Crippen molar-refractivity contribution in [2.45, 2.75) is 38.1 Å². The van der Waals surface area contributed by atoms with Gasteiger partial charge >= 0.3 is 0 Å². The van der Waals surface area contributed by atoms with Crippen LogP contribution in [0.4, 0.5) is 11.5 Å². The fraction of sp³-hybridized carbons (Fsp3) is 0.571. The number of rotatable bonds is 3. The molecule has 0 atom stereocenters. The third kappa shape index (κ3) is 3.56. The van der Waals surface area contributed by atoms with Gasteiger partial charge in [-0.1, -0.05) is 0 Å². The van der Waals surface area contributed by atoms with E-state index in [1.165, 1.54) is 32.1 Å². The number of pyridine rings is 1. The molecule has 2 aliphatic rings. The quantitative estimate of drug-likeness (QED) is 0.830. The fourth-order valence-corrected chi connectivity index (χ4v) is 2.63. The molecule has 0 spiro atoms. The Bertz CT molecular complexity index is 435.